The molecule has 6 nitrogen and oxygen atoms in total. The number of rotatable bonds is 6. The fourth-order valence-corrected chi connectivity index (χ4v) is 3.41. The molecule has 0 aliphatic carbocycles. The van der Waals surface area contributed by atoms with Crippen molar-refractivity contribution in [3.63, 3.8) is 0 Å². The summed E-state index contributed by atoms with van der Waals surface area (Å²) in [4.78, 5) is 25.3. The first-order valence-electron chi connectivity index (χ1n) is 9.27. The molecule has 1 heterocycles. The Morgan fingerprint density at radius 2 is 1.86 bits per heavy atom. The molecule has 0 bridgehead atoms. The number of fused-ring (bicyclic) bond motifs is 1. The number of hydrogen-bond acceptors (Lipinski definition) is 4. The minimum absolute atomic E-state index is 0.130. The Balaban J connectivity index is 1.59. The van der Waals surface area contributed by atoms with Gasteiger partial charge in [-0.1, -0.05) is 49.2 Å². The molecule has 2 N–H and O–H groups in total. The molecular formula is C21H22Cl2N2O4. The molecule has 1 aliphatic rings. The van der Waals surface area contributed by atoms with Gasteiger partial charge in [-0.25, -0.2) is 0 Å². The zero-order valence-corrected chi connectivity index (χ0v) is 17.6. The molecule has 2 atom stereocenters. The summed E-state index contributed by atoms with van der Waals surface area (Å²) in [5.74, 6) is 0.452. The van der Waals surface area contributed by atoms with Gasteiger partial charge >= 0.3 is 0 Å². The Morgan fingerprint density at radius 1 is 1.14 bits per heavy atom. The molecule has 3 rings (SSSR count). The van der Waals surface area contributed by atoms with Crippen LogP contribution in [0.25, 0.3) is 0 Å². The van der Waals surface area contributed by atoms with Crippen molar-refractivity contribution in [2.45, 2.75) is 26.0 Å². The number of amides is 2. The van der Waals surface area contributed by atoms with Gasteiger partial charge in [0.15, 0.2) is 11.5 Å². The molecule has 0 saturated heterocycles. The Kier molecular flexibility index (Phi) is 6.87. The maximum Gasteiger partial charge on any atom is 0.253 e. The van der Waals surface area contributed by atoms with E-state index in [1.54, 1.807) is 6.07 Å². The minimum atomic E-state index is -0.731. The highest BCUT2D eigenvalue weighted by atomic mass is 35.5. The number of benzene rings is 2. The van der Waals surface area contributed by atoms with Crippen molar-refractivity contribution in [3.8, 4) is 11.5 Å². The summed E-state index contributed by atoms with van der Waals surface area (Å²) in [7, 11) is 0. The SMILES string of the molecule is CC(C)[C@H](NC(=O)c1ccc(Cl)cc1Cl)C(=O)NC[C@H]1COc2ccccc2O1. The normalized spacial score (nSPS) is 16.2. The van der Waals surface area contributed by atoms with Gasteiger partial charge in [0.25, 0.3) is 5.91 Å². The van der Waals surface area contributed by atoms with E-state index in [2.05, 4.69) is 10.6 Å². The van der Waals surface area contributed by atoms with E-state index in [9.17, 15) is 9.59 Å². The predicted octanol–water partition coefficient (Wildman–Crippen LogP) is 3.70. The molecule has 2 amide bonds. The molecule has 0 unspecified atom stereocenters. The lowest BCUT2D eigenvalue weighted by atomic mass is 10.0. The van der Waals surface area contributed by atoms with Crippen molar-refractivity contribution in [3.05, 3.63) is 58.1 Å². The summed E-state index contributed by atoms with van der Waals surface area (Å²) in [6.07, 6.45) is -0.317. The first kappa shape index (κ1) is 21.3. The Hall–Kier alpha value is -2.44. The summed E-state index contributed by atoms with van der Waals surface area (Å²) in [6, 6.07) is 11.2. The third-order valence-corrected chi connectivity index (χ3v) is 5.03. The summed E-state index contributed by atoms with van der Waals surface area (Å²) >= 11 is 12.0. The smallest absolute Gasteiger partial charge is 0.253 e. The highest BCUT2D eigenvalue weighted by Crippen LogP contribution is 2.30. The lowest BCUT2D eigenvalue weighted by molar-refractivity contribution is -0.124. The van der Waals surface area contributed by atoms with Crippen molar-refractivity contribution < 1.29 is 19.1 Å². The molecule has 154 valence electrons. The molecule has 2 aromatic carbocycles. The van der Waals surface area contributed by atoms with Gasteiger partial charge in [0.2, 0.25) is 5.91 Å². The van der Waals surface area contributed by atoms with Crippen molar-refractivity contribution in [2.24, 2.45) is 5.92 Å². The third kappa shape index (κ3) is 5.34. The van der Waals surface area contributed by atoms with Gasteiger partial charge in [-0.05, 0) is 36.2 Å². The first-order chi connectivity index (χ1) is 13.8. The average molecular weight is 437 g/mol. The van der Waals surface area contributed by atoms with E-state index in [0.717, 1.165) is 0 Å². The Labute approximate surface area is 179 Å². The second-order valence-electron chi connectivity index (χ2n) is 7.06. The van der Waals surface area contributed by atoms with Crippen LogP contribution >= 0.6 is 23.2 Å². The highest BCUT2D eigenvalue weighted by molar-refractivity contribution is 6.36. The lowest BCUT2D eigenvalue weighted by Gasteiger charge is -2.28. The van der Waals surface area contributed by atoms with Gasteiger partial charge < -0.3 is 20.1 Å². The molecule has 0 spiro atoms. The van der Waals surface area contributed by atoms with E-state index in [1.807, 2.05) is 38.1 Å². The first-order valence-corrected chi connectivity index (χ1v) is 10.0. The van der Waals surface area contributed by atoms with Gasteiger partial charge in [0, 0.05) is 5.02 Å². The van der Waals surface area contributed by atoms with E-state index in [-0.39, 0.29) is 35.1 Å². The number of carbonyl (C=O) groups is 2. The van der Waals surface area contributed by atoms with Gasteiger partial charge in [0.1, 0.15) is 18.8 Å². The Bertz CT molecular complexity index is 904. The van der Waals surface area contributed by atoms with Crippen LogP contribution in [0.5, 0.6) is 11.5 Å². The van der Waals surface area contributed by atoms with Gasteiger partial charge in [-0.3, -0.25) is 9.59 Å². The van der Waals surface area contributed by atoms with Crippen LogP contribution in [-0.2, 0) is 4.79 Å². The van der Waals surface area contributed by atoms with Crippen molar-refractivity contribution >= 4 is 35.0 Å². The van der Waals surface area contributed by atoms with Crippen LogP contribution in [0.15, 0.2) is 42.5 Å². The quantitative estimate of drug-likeness (QED) is 0.723. The third-order valence-electron chi connectivity index (χ3n) is 4.48. The van der Waals surface area contributed by atoms with Gasteiger partial charge in [-0.15, -0.1) is 0 Å². The van der Waals surface area contributed by atoms with Crippen molar-refractivity contribution in [1.29, 1.82) is 0 Å². The van der Waals surface area contributed by atoms with Crippen LogP contribution in [0.4, 0.5) is 0 Å². The summed E-state index contributed by atoms with van der Waals surface area (Å²) in [6.45, 7) is 4.29. The molecular weight excluding hydrogens is 415 g/mol. The monoisotopic (exact) mass is 436 g/mol. The molecule has 0 radical (unpaired) electrons. The molecule has 0 fully saturated rings. The molecule has 8 heteroatoms. The number of para-hydroxylation sites is 2. The number of halogens is 2. The molecule has 0 aromatic heterocycles. The highest BCUT2D eigenvalue weighted by Gasteiger charge is 2.27. The fraction of sp³-hybridized carbons (Fsp3) is 0.333. The maximum absolute atomic E-state index is 12.7. The van der Waals surface area contributed by atoms with E-state index in [4.69, 9.17) is 32.7 Å². The van der Waals surface area contributed by atoms with Gasteiger partial charge in [0.05, 0.1) is 17.1 Å². The van der Waals surface area contributed by atoms with Crippen molar-refractivity contribution in [2.75, 3.05) is 13.2 Å². The van der Waals surface area contributed by atoms with E-state index >= 15 is 0 Å². The van der Waals surface area contributed by atoms with Crippen LogP contribution in [0.2, 0.25) is 10.0 Å². The Morgan fingerprint density at radius 3 is 2.55 bits per heavy atom. The van der Waals surface area contributed by atoms with Crippen LogP contribution in [0.1, 0.15) is 24.2 Å². The molecule has 29 heavy (non-hydrogen) atoms. The molecule has 1 aliphatic heterocycles. The standard InChI is InChI=1S/C21H22Cl2N2O4/c1-12(2)19(25-20(26)15-8-7-13(22)9-16(15)23)21(27)24-10-14-11-28-17-5-3-4-6-18(17)29-14/h3-9,12,14,19H,10-11H2,1-2H3,(H,24,27)(H,25,26)/t14-,19-/m0/s1. The van der Waals surface area contributed by atoms with Crippen LogP contribution in [0.3, 0.4) is 0 Å². The zero-order valence-electron chi connectivity index (χ0n) is 16.1. The van der Waals surface area contributed by atoms with Crippen LogP contribution in [0, 0.1) is 5.92 Å². The van der Waals surface area contributed by atoms with Gasteiger partial charge in [-0.2, -0.15) is 0 Å². The van der Waals surface area contributed by atoms with E-state index in [0.29, 0.717) is 23.1 Å². The summed E-state index contributed by atoms with van der Waals surface area (Å²) in [5, 5.41) is 6.24. The largest absolute Gasteiger partial charge is 0.486 e. The van der Waals surface area contributed by atoms with E-state index < -0.39 is 11.9 Å². The minimum Gasteiger partial charge on any atom is -0.486 e. The van der Waals surface area contributed by atoms with Crippen molar-refractivity contribution in [1.82, 2.24) is 10.6 Å². The lowest BCUT2D eigenvalue weighted by Crippen LogP contribution is -2.52. The maximum atomic E-state index is 12.7. The average Bonchev–Trinajstić information content (AvgIpc) is 2.69. The van der Waals surface area contributed by atoms with Crippen LogP contribution < -0.4 is 20.1 Å². The molecule has 0 saturated carbocycles. The summed E-state index contributed by atoms with van der Waals surface area (Å²) < 4.78 is 11.5. The second kappa shape index (κ2) is 9.37. The number of hydrogen-bond donors (Lipinski definition) is 2. The number of carbonyl (C=O) groups excluding carboxylic acids is 2. The van der Waals surface area contributed by atoms with Crippen LogP contribution in [-0.4, -0.2) is 37.1 Å². The predicted molar refractivity (Wildman–Crippen MR) is 112 cm³/mol. The molecule has 2 aromatic rings. The van der Waals surface area contributed by atoms with E-state index in [1.165, 1.54) is 12.1 Å². The number of ether oxygens (including phenoxy) is 2. The number of nitrogens with one attached hydrogen (secondary N) is 2. The summed E-state index contributed by atoms with van der Waals surface area (Å²) in [5.41, 5.74) is 0.259. The fourth-order valence-electron chi connectivity index (χ4n) is 2.92. The zero-order chi connectivity index (χ0) is 21.0. The second-order valence-corrected chi connectivity index (χ2v) is 7.91. The topological polar surface area (TPSA) is 76.7 Å².